The van der Waals surface area contributed by atoms with Crippen LogP contribution in [-0.4, -0.2) is 41.2 Å². The Labute approximate surface area is 188 Å². The normalized spacial score (nSPS) is 24.1. The molecular weight excluding hydrogens is 439 g/mol. The molecule has 0 amide bonds. The molecule has 0 unspecified atom stereocenters. The number of carbonyl (C=O) groups is 2. The van der Waals surface area contributed by atoms with Gasteiger partial charge in [-0.25, -0.2) is 9.59 Å². The Morgan fingerprint density at radius 2 is 2.00 bits per heavy atom. The number of rotatable bonds is 10. The third-order valence-electron chi connectivity index (χ3n) is 5.33. The number of methoxy groups -OCH3 is 1. The number of alkyl halides is 3. The monoisotopic (exact) mass is 468 g/mol. The zero-order valence-electron chi connectivity index (χ0n) is 17.6. The summed E-state index contributed by atoms with van der Waals surface area (Å²) in [6.07, 6.45) is 7.87. The Balaban J connectivity index is 3.09. The third-order valence-corrected chi connectivity index (χ3v) is 5.79. The zero-order chi connectivity index (χ0) is 22.2. The van der Waals surface area contributed by atoms with Crippen LogP contribution in [0.25, 0.3) is 0 Å². The number of hydrogen-bond acceptors (Lipinski definition) is 5. The first-order valence-electron chi connectivity index (χ1n) is 9.85. The molecule has 8 heteroatoms. The molecule has 6 atom stereocenters. The molecule has 0 aliphatic carbocycles. The molecule has 0 aromatic heterocycles. The van der Waals surface area contributed by atoms with Crippen molar-refractivity contribution in [3.8, 4) is 0 Å². The molecule has 0 bridgehead atoms. The molecular formula is C21H31Cl3O5. The summed E-state index contributed by atoms with van der Waals surface area (Å²) in [7, 11) is 1.62. The van der Waals surface area contributed by atoms with E-state index in [0.717, 1.165) is 12.8 Å². The number of cyclic esters (lactones) is 1. The van der Waals surface area contributed by atoms with Crippen LogP contribution in [0.5, 0.6) is 0 Å². The smallest absolute Gasteiger partial charge is 0.358 e. The summed E-state index contributed by atoms with van der Waals surface area (Å²) in [4.78, 5) is 24.1. The highest BCUT2D eigenvalue weighted by molar-refractivity contribution is 6.75. The fraction of sp³-hybridized carbons (Fsp3) is 0.714. The van der Waals surface area contributed by atoms with Gasteiger partial charge in [-0.05, 0) is 25.7 Å². The van der Waals surface area contributed by atoms with Gasteiger partial charge in [0.1, 0.15) is 12.2 Å². The minimum absolute atomic E-state index is 0.0234. The first-order valence-corrected chi connectivity index (χ1v) is 11.0. The van der Waals surface area contributed by atoms with Crippen LogP contribution < -0.4 is 0 Å². The standard InChI is InChI=1S/C21H31Cl3O5/c1-6-8-9-13(3)19(27-5)14(4)16(29-20(26)21(22,23)24)12-17-15(7-2)10-11-18(25)28-17/h6,8,10-11,13-17,19H,7,9,12H2,1-5H3/b8-6+/t13-,14-,15+,16+,17+,19+/m0/s1. The maximum Gasteiger partial charge on any atom is 0.358 e. The molecule has 5 nitrogen and oxygen atoms in total. The molecule has 1 aliphatic rings. The summed E-state index contributed by atoms with van der Waals surface area (Å²) in [5, 5.41) is 0. The van der Waals surface area contributed by atoms with E-state index in [2.05, 4.69) is 13.0 Å². The van der Waals surface area contributed by atoms with Gasteiger partial charge in [0.15, 0.2) is 0 Å². The van der Waals surface area contributed by atoms with E-state index < -0.39 is 27.9 Å². The maximum absolute atomic E-state index is 12.3. The lowest BCUT2D eigenvalue weighted by Gasteiger charge is -2.37. The fourth-order valence-corrected chi connectivity index (χ4v) is 3.82. The third kappa shape index (κ3) is 8.12. The van der Waals surface area contributed by atoms with Crippen molar-refractivity contribution >= 4 is 46.7 Å². The summed E-state index contributed by atoms with van der Waals surface area (Å²) >= 11 is 17.2. The van der Waals surface area contributed by atoms with Crippen LogP contribution in [0.2, 0.25) is 0 Å². The van der Waals surface area contributed by atoms with E-state index in [1.165, 1.54) is 6.08 Å². The summed E-state index contributed by atoms with van der Waals surface area (Å²) in [6, 6.07) is 0. The largest absolute Gasteiger partial charge is 0.459 e. The van der Waals surface area contributed by atoms with Crippen molar-refractivity contribution in [2.45, 2.75) is 69.1 Å². The van der Waals surface area contributed by atoms with Crippen molar-refractivity contribution in [3.63, 3.8) is 0 Å². The predicted octanol–water partition coefficient (Wildman–Crippen LogP) is 5.42. The van der Waals surface area contributed by atoms with Gasteiger partial charge in [-0.3, -0.25) is 0 Å². The predicted molar refractivity (Wildman–Crippen MR) is 116 cm³/mol. The van der Waals surface area contributed by atoms with E-state index in [4.69, 9.17) is 49.0 Å². The molecule has 0 aromatic carbocycles. The Morgan fingerprint density at radius 3 is 2.52 bits per heavy atom. The highest BCUT2D eigenvalue weighted by Gasteiger charge is 2.41. The molecule has 0 saturated carbocycles. The number of ether oxygens (including phenoxy) is 3. The lowest BCUT2D eigenvalue weighted by atomic mass is 9.83. The number of esters is 2. The quantitative estimate of drug-likeness (QED) is 0.243. The Morgan fingerprint density at radius 1 is 1.34 bits per heavy atom. The second-order valence-electron chi connectivity index (χ2n) is 7.43. The molecule has 0 radical (unpaired) electrons. The van der Waals surface area contributed by atoms with Crippen molar-refractivity contribution in [2.75, 3.05) is 7.11 Å². The lowest BCUT2D eigenvalue weighted by Crippen LogP contribution is -2.43. The van der Waals surface area contributed by atoms with E-state index in [1.807, 2.05) is 32.9 Å². The van der Waals surface area contributed by atoms with E-state index in [1.54, 1.807) is 7.11 Å². The molecule has 0 spiro atoms. The molecule has 0 N–H and O–H groups in total. The number of hydrogen-bond donors (Lipinski definition) is 0. The minimum atomic E-state index is -2.19. The first kappa shape index (κ1) is 26.3. The van der Waals surface area contributed by atoms with Crippen LogP contribution in [0.1, 0.15) is 47.0 Å². The van der Waals surface area contributed by atoms with Gasteiger partial charge in [0.05, 0.1) is 6.10 Å². The number of halogens is 3. The molecule has 1 heterocycles. The van der Waals surface area contributed by atoms with Gasteiger partial charge in [-0.1, -0.05) is 73.8 Å². The molecule has 0 saturated heterocycles. The second-order valence-corrected chi connectivity index (χ2v) is 9.71. The summed E-state index contributed by atoms with van der Waals surface area (Å²) in [6.45, 7) is 7.96. The highest BCUT2D eigenvalue weighted by Crippen LogP contribution is 2.34. The second kappa shape index (κ2) is 12.2. The van der Waals surface area contributed by atoms with Crippen molar-refractivity contribution < 1.29 is 23.8 Å². The Hall–Kier alpha value is -0.750. The number of carbonyl (C=O) groups excluding carboxylic acids is 2. The fourth-order valence-electron chi connectivity index (χ4n) is 3.69. The van der Waals surface area contributed by atoms with Gasteiger partial charge >= 0.3 is 11.9 Å². The van der Waals surface area contributed by atoms with E-state index >= 15 is 0 Å². The maximum atomic E-state index is 12.3. The minimum Gasteiger partial charge on any atom is -0.459 e. The van der Waals surface area contributed by atoms with Crippen molar-refractivity contribution in [3.05, 3.63) is 24.3 Å². The summed E-state index contributed by atoms with van der Waals surface area (Å²) in [5.74, 6) is -1.41. The van der Waals surface area contributed by atoms with Crippen molar-refractivity contribution in [2.24, 2.45) is 17.8 Å². The van der Waals surface area contributed by atoms with Gasteiger partial charge in [0.25, 0.3) is 3.79 Å². The van der Waals surface area contributed by atoms with Gasteiger partial charge in [0, 0.05) is 31.4 Å². The summed E-state index contributed by atoms with van der Waals surface area (Å²) < 4.78 is 14.7. The molecule has 1 rings (SSSR count). The SMILES string of the molecule is C/C=C/C[C@H](C)[C@@H](OC)[C@@H](C)[C@@H](C[C@H]1OC(=O)C=C[C@H]1CC)OC(=O)C(Cl)(Cl)Cl. The van der Waals surface area contributed by atoms with Crippen LogP contribution >= 0.6 is 34.8 Å². The zero-order valence-corrected chi connectivity index (χ0v) is 19.8. The molecule has 166 valence electrons. The molecule has 0 aromatic rings. The van der Waals surface area contributed by atoms with E-state index in [9.17, 15) is 9.59 Å². The van der Waals surface area contributed by atoms with E-state index in [0.29, 0.717) is 6.42 Å². The average Bonchev–Trinajstić information content (AvgIpc) is 2.65. The van der Waals surface area contributed by atoms with E-state index in [-0.39, 0.29) is 23.9 Å². The lowest BCUT2D eigenvalue weighted by molar-refractivity contribution is -0.161. The molecule has 1 aliphatic heterocycles. The molecule has 0 fully saturated rings. The average molecular weight is 470 g/mol. The van der Waals surface area contributed by atoms with Gasteiger partial charge < -0.3 is 14.2 Å². The molecule has 29 heavy (non-hydrogen) atoms. The van der Waals surface area contributed by atoms with Gasteiger partial charge in [-0.15, -0.1) is 0 Å². The number of allylic oxidation sites excluding steroid dienone is 2. The Bertz CT molecular complexity index is 600. The summed E-state index contributed by atoms with van der Waals surface area (Å²) in [5.41, 5.74) is 0. The Kier molecular flexibility index (Phi) is 11.0. The van der Waals surface area contributed by atoms with Crippen molar-refractivity contribution in [1.29, 1.82) is 0 Å². The van der Waals surface area contributed by atoms with Crippen LogP contribution in [0, 0.1) is 17.8 Å². The first-order chi connectivity index (χ1) is 13.5. The van der Waals surface area contributed by atoms with Gasteiger partial charge in [0.2, 0.25) is 0 Å². The van der Waals surface area contributed by atoms with Crippen LogP contribution in [0.15, 0.2) is 24.3 Å². The van der Waals surface area contributed by atoms with Crippen molar-refractivity contribution in [1.82, 2.24) is 0 Å². The highest BCUT2D eigenvalue weighted by atomic mass is 35.6. The van der Waals surface area contributed by atoms with Crippen LogP contribution in [0.4, 0.5) is 0 Å². The van der Waals surface area contributed by atoms with Gasteiger partial charge in [-0.2, -0.15) is 0 Å². The van der Waals surface area contributed by atoms with Crippen LogP contribution in [-0.2, 0) is 23.8 Å². The topological polar surface area (TPSA) is 61.8 Å². The van der Waals surface area contributed by atoms with Crippen LogP contribution in [0.3, 0.4) is 0 Å².